The van der Waals surface area contributed by atoms with Gasteiger partial charge in [0.1, 0.15) is 5.82 Å². The van der Waals surface area contributed by atoms with Crippen LogP contribution in [0.2, 0.25) is 10.0 Å². The normalized spacial score (nSPS) is 17.2. The molecule has 1 aliphatic heterocycles. The van der Waals surface area contributed by atoms with Crippen molar-refractivity contribution in [3.05, 3.63) is 58.3 Å². The Morgan fingerprint density at radius 2 is 1.86 bits per heavy atom. The number of benzene rings is 2. The number of amides is 2. The lowest BCUT2D eigenvalue weighted by atomic mass is 10.0. The van der Waals surface area contributed by atoms with Crippen molar-refractivity contribution in [1.82, 2.24) is 4.90 Å². The van der Waals surface area contributed by atoms with E-state index in [2.05, 4.69) is 10.6 Å². The zero-order valence-corrected chi connectivity index (χ0v) is 16.6. The van der Waals surface area contributed by atoms with E-state index in [9.17, 15) is 14.0 Å². The van der Waals surface area contributed by atoms with Crippen LogP contribution in [0.15, 0.2) is 42.5 Å². The number of para-hydroxylation sites is 1. The van der Waals surface area contributed by atoms with Crippen molar-refractivity contribution in [2.45, 2.75) is 25.3 Å². The van der Waals surface area contributed by atoms with Crippen LogP contribution in [0.25, 0.3) is 0 Å². The molecule has 1 heterocycles. The summed E-state index contributed by atoms with van der Waals surface area (Å²) in [6.45, 7) is 0.623. The maximum absolute atomic E-state index is 13.7. The predicted octanol–water partition coefficient (Wildman–Crippen LogP) is 4.56. The summed E-state index contributed by atoms with van der Waals surface area (Å²) in [5.74, 6) is -1.07. The highest BCUT2D eigenvalue weighted by Gasteiger charge is 2.30. The van der Waals surface area contributed by atoms with Crippen molar-refractivity contribution in [1.29, 1.82) is 0 Å². The minimum absolute atomic E-state index is 0.00773. The molecule has 0 bridgehead atoms. The molecule has 1 fully saturated rings. The van der Waals surface area contributed by atoms with E-state index >= 15 is 0 Å². The third-order valence-corrected chi connectivity index (χ3v) is 5.34. The number of carbonyl (C=O) groups is 2. The van der Waals surface area contributed by atoms with Crippen LogP contribution in [0.3, 0.4) is 0 Å². The van der Waals surface area contributed by atoms with E-state index in [1.54, 1.807) is 30.3 Å². The number of likely N-dealkylation sites (tertiary alicyclic amines) is 1. The molecule has 148 valence electrons. The van der Waals surface area contributed by atoms with Crippen LogP contribution in [-0.4, -0.2) is 35.8 Å². The number of hydrogen-bond acceptors (Lipinski definition) is 3. The van der Waals surface area contributed by atoms with Crippen LogP contribution < -0.4 is 10.6 Å². The minimum Gasteiger partial charge on any atom is -0.325 e. The zero-order chi connectivity index (χ0) is 20.1. The van der Waals surface area contributed by atoms with Gasteiger partial charge in [-0.05, 0) is 49.7 Å². The largest absolute Gasteiger partial charge is 0.325 e. The Hall–Kier alpha value is -2.15. The van der Waals surface area contributed by atoms with E-state index in [1.807, 2.05) is 4.90 Å². The van der Waals surface area contributed by atoms with Crippen molar-refractivity contribution in [3.8, 4) is 0 Å². The maximum Gasteiger partial charge on any atom is 0.241 e. The van der Waals surface area contributed by atoms with Crippen LogP contribution in [-0.2, 0) is 9.59 Å². The third-order valence-electron chi connectivity index (χ3n) is 4.60. The molecule has 0 saturated carbocycles. The topological polar surface area (TPSA) is 61.4 Å². The molecule has 0 aliphatic carbocycles. The van der Waals surface area contributed by atoms with Crippen molar-refractivity contribution in [2.75, 3.05) is 23.7 Å². The number of nitrogens with one attached hydrogen (secondary N) is 2. The zero-order valence-electron chi connectivity index (χ0n) is 15.1. The molecule has 1 atom stereocenters. The first-order valence-corrected chi connectivity index (χ1v) is 9.74. The SMILES string of the molecule is O=C(CN1CCCCC1C(=O)Nc1ccc(Cl)c(Cl)c1)Nc1ccccc1F. The number of nitrogens with zero attached hydrogens (tertiary/aromatic N) is 1. The van der Waals surface area contributed by atoms with Crippen LogP contribution in [0.4, 0.5) is 15.8 Å². The second kappa shape index (κ2) is 9.37. The average molecular weight is 424 g/mol. The van der Waals surface area contributed by atoms with Gasteiger partial charge in [-0.15, -0.1) is 0 Å². The first-order chi connectivity index (χ1) is 13.4. The number of piperidine rings is 1. The van der Waals surface area contributed by atoms with E-state index in [0.29, 0.717) is 28.7 Å². The van der Waals surface area contributed by atoms with Gasteiger partial charge in [-0.2, -0.15) is 0 Å². The highest BCUT2D eigenvalue weighted by atomic mass is 35.5. The van der Waals surface area contributed by atoms with Crippen LogP contribution in [0.5, 0.6) is 0 Å². The standard InChI is InChI=1S/C20H20Cl2FN3O2/c21-14-9-8-13(11-15(14)22)24-20(28)18-7-3-4-10-26(18)12-19(27)25-17-6-2-1-5-16(17)23/h1-2,5-6,8-9,11,18H,3-4,7,10,12H2,(H,24,28)(H,25,27). The van der Waals surface area contributed by atoms with Crippen molar-refractivity contribution >= 4 is 46.4 Å². The first-order valence-electron chi connectivity index (χ1n) is 8.98. The lowest BCUT2D eigenvalue weighted by Crippen LogP contribution is -2.49. The summed E-state index contributed by atoms with van der Waals surface area (Å²) in [5.41, 5.74) is 0.669. The van der Waals surface area contributed by atoms with Gasteiger partial charge in [0.2, 0.25) is 11.8 Å². The molecule has 8 heteroatoms. The molecule has 5 nitrogen and oxygen atoms in total. The highest BCUT2D eigenvalue weighted by Crippen LogP contribution is 2.26. The summed E-state index contributed by atoms with van der Waals surface area (Å²) < 4.78 is 13.7. The molecule has 1 saturated heterocycles. The predicted molar refractivity (Wildman–Crippen MR) is 109 cm³/mol. The van der Waals surface area contributed by atoms with Gasteiger partial charge in [0.15, 0.2) is 0 Å². The summed E-state index contributed by atoms with van der Waals surface area (Å²) in [6, 6.07) is 10.4. The molecule has 2 aromatic carbocycles. The van der Waals surface area contributed by atoms with Crippen molar-refractivity contribution in [3.63, 3.8) is 0 Å². The van der Waals surface area contributed by atoms with E-state index in [-0.39, 0.29) is 24.0 Å². The third kappa shape index (κ3) is 5.22. The Morgan fingerprint density at radius 3 is 2.61 bits per heavy atom. The van der Waals surface area contributed by atoms with Gasteiger partial charge in [-0.1, -0.05) is 41.8 Å². The van der Waals surface area contributed by atoms with E-state index in [4.69, 9.17) is 23.2 Å². The number of anilines is 2. The molecule has 0 spiro atoms. The maximum atomic E-state index is 13.7. The van der Waals surface area contributed by atoms with Gasteiger partial charge in [0.25, 0.3) is 0 Å². The van der Waals surface area contributed by atoms with Gasteiger partial charge in [0.05, 0.1) is 28.3 Å². The molecular weight excluding hydrogens is 404 g/mol. The van der Waals surface area contributed by atoms with E-state index < -0.39 is 11.9 Å². The number of carbonyl (C=O) groups excluding carboxylic acids is 2. The molecule has 2 amide bonds. The van der Waals surface area contributed by atoms with Crippen molar-refractivity contribution < 1.29 is 14.0 Å². The van der Waals surface area contributed by atoms with Gasteiger partial charge >= 0.3 is 0 Å². The van der Waals surface area contributed by atoms with E-state index in [1.165, 1.54) is 12.1 Å². The van der Waals surface area contributed by atoms with Crippen LogP contribution >= 0.6 is 23.2 Å². The fourth-order valence-electron chi connectivity index (χ4n) is 3.21. The lowest BCUT2D eigenvalue weighted by molar-refractivity contribution is -0.124. The Labute approximate surface area is 172 Å². The van der Waals surface area contributed by atoms with E-state index in [0.717, 1.165) is 12.8 Å². The molecule has 2 aromatic rings. The Morgan fingerprint density at radius 1 is 1.07 bits per heavy atom. The smallest absolute Gasteiger partial charge is 0.241 e. The van der Waals surface area contributed by atoms with Gasteiger partial charge < -0.3 is 10.6 Å². The molecular formula is C20H20Cl2FN3O2. The second-order valence-electron chi connectivity index (χ2n) is 6.63. The number of rotatable bonds is 5. The fourth-order valence-corrected chi connectivity index (χ4v) is 3.51. The molecule has 1 aliphatic rings. The number of halogens is 3. The summed E-state index contributed by atoms with van der Waals surface area (Å²) in [5, 5.41) is 6.14. The Bertz CT molecular complexity index is 878. The van der Waals surface area contributed by atoms with Crippen LogP contribution in [0, 0.1) is 5.82 Å². The van der Waals surface area contributed by atoms with Gasteiger partial charge in [-0.3, -0.25) is 14.5 Å². The summed E-state index contributed by atoms with van der Waals surface area (Å²) in [6.07, 6.45) is 2.43. The highest BCUT2D eigenvalue weighted by molar-refractivity contribution is 6.42. The van der Waals surface area contributed by atoms with Gasteiger partial charge in [0, 0.05) is 5.69 Å². The molecule has 28 heavy (non-hydrogen) atoms. The number of hydrogen-bond donors (Lipinski definition) is 2. The monoisotopic (exact) mass is 423 g/mol. The second-order valence-corrected chi connectivity index (χ2v) is 7.44. The van der Waals surface area contributed by atoms with Crippen LogP contribution in [0.1, 0.15) is 19.3 Å². The molecule has 2 N–H and O–H groups in total. The van der Waals surface area contributed by atoms with Gasteiger partial charge in [-0.25, -0.2) is 4.39 Å². The summed E-state index contributed by atoms with van der Waals surface area (Å²) in [7, 11) is 0. The molecule has 1 unspecified atom stereocenters. The molecule has 0 radical (unpaired) electrons. The molecule has 0 aromatic heterocycles. The van der Waals surface area contributed by atoms with Crippen molar-refractivity contribution in [2.24, 2.45) is 0 Å². The first kappa shape index (κ1) is 20.6. The minimum atomic E-state index is -0.497. The average Bonchev–Trinajstić information content (AvgIpc) is 2.67. The Balaban J connectivity index is 1.64. The fraction of sp³-hybridized carbons (Fsp3) is 0.300. The summed E-state index contributed by atoms with van der Waals surface area (Å²) >= 11 is 11.9. The molecule has 3 rings (SSSR count). The summed E-state index contributed by atoms with van der Waals surface area (Å²) in [4.78, 5) is 26.9. The Kier molecular flexibility index (Phi) is 6.88. The lowest BCUT2D eigenvalue weighted by Gasteiger charge is -2.34. The quantitative estimate of drug-likeness (QED) is 0.740.